The van der Waals surface area contributed by atoms with E-state index < -0.39 is 104 Å². The lowest BCUT2D eigenvalue weighted by Gasteiger charge is -2.48. The first-order chi connectivity index (χ1) is 21.8. The summed E-state index contributed by atoms with van der Waals surface area (Å²) < 4.78 is 22.8. The molecule has 1 aliphatic carbocycles. The highest BCUT2D eigenvalue weighted by atomic mass is 16.7. The van der Waals surface area contributed by atoms with Gasteiger partial charge in [-0.1, -0.05) is 12.1 Å². The molecule has 2 saturated heterocycles. The monoisotopic (exact) mass is 654 g/mol. The lowest BCUT2D eigenvalue weighted by molar-refractivity contribution is -0.332. The van der Waals surface area contributed by atoms with Crippen LogP contribution in [-0.4, -0.2) is 152 Å². The molecule has 2 aromatic carbocycles. The molecule has 15 atom stereocenters. The summed E-state index contributed by atoms with van der Waals surface area (Å²) in [6.07, 6.45) is -17.9. The van der Waals surface area contributed by atoms with Gasteiger partial charge in [-0.05, 0) is 41.5 Å². The summed E-state index contributed by atoms with van der Waals surface area (Å²) >= 11 is 0. The van der Waals surface area contributed by atoms with Gasteiger partial charge in [0.2, 0.25) is 0 Å². The van der Waals surface area contributed by atoms with Crippen LogP contribution in [0.15, 0.2) is 36.4 Å². The van der Waals surface area contributed by atoms with Crippen LogP contribution in [0.5, 0.6) is 5.75 Å². The van der Waals surface area contributed by atoms with E-state index in [0.29, 0.717) is 5.39 Å². The number of nitrogens with two attached hydrogens (primary N) is 3. The summed E-state index contributed by atoms with van der Waals surface area (Å²) in [6.45, 7) is -0.931. The van der Waals surface area contributed by atoms with Gasteiger partial charge in [0.15, 0.2) is 12.6 Å². The Bertz CT molecular complexity index is 1360. The van der Waals surface area contributed by atoms with Crippen molar-refractivity contribution in [2.45, 2.75) is 98.2 Å². The number of aliphatic hydroxyl groups excluding tert-OH is 7. The van der Waals surface area contributed by atoms with Crippen LogP contribution in [0.25, 0.3) is 10.8 Å². The summed E-state index contributed by atoms with van der Waals surface area (Å²) in [7, 11) is 0. The van der Waals surface area contributed by atoms with Gasteiger partial charge < -0.3 is 82.3 Å². The van der Waals surface area contributed by atoms with Gasteiger partial charge in [0, 0.05) is 24.2 Å². The second-order valence-corrected chi connectivity index (χ2v) is 12.0. The average molecular weight is 655 g/mol. The van der Waals surface area contributed by atoms with Crippen molar-refractivity contribution in [2.75, 3.05) is 13.2 Å². The highest BCUT2D eigenvalue weighted by molar-refractivity contribution is 5.98. The van der Waals surface area contributed by atoms with Gasteiger partial charge in [-0.3, -0.25) is 4.79 Å². The van der Waals surface area contributed by atoms with Gasteiger partial charge >= 0.3 is 0 Å². The molecule has 256 valence electrons. The molecule has 1 saturated carbocycles. The number of hydrogen-bond donors (Lipinski definition) is 12. The molecule has 17 nitrogen and oxygen atoms in total. The normalized spacial score (nSPS) is 41.7. The van der Waals surface area contributed by atoms with Crippen LogP contribution in [0.4, 0.5) is 0 Å². The molecule has 2 heterocycles. The highest BCUT2D eigenvalue weighted by Crippen LogP contribution is 2.31. The van der Waals surface area contributed by atoms with E-state index in [-0.39, 0.29) is 24.3 Å². The Hall–Kier alpha value is -2.59. The number of aromatic hydroxyl groups is 1. The summed E-state index contributed by atoms with van der Waals surface area (Å²) in [6, 6.07) is 6.44. The van der Waals surface area contributed by atoms with E-state index in [1.165, 1.54) is 6.07 Å². The predicted molar refractivity (Wildman–Crippen MR) is 157 cm³/mol. The fourth-order valence-electron chi connectivity index (χ4n) is 6.04. The molecule has 0 radical (unpaired) electrons. The van der Waals surface area contributed by atoms with E-state index in [1.807, 2.05) is 0 Å². The first-order valence-electron chi connectivity index (χ1n) is 14.9. The Morgan fingerprint density at radius 3 is 2.00 bits per heavy atom. The molecule has 1 amide bonds. The molecule has 10 unspecified atom stereocenters. The van der Waals surface area contributed by atoms with Gasteiger partial charge in [0.1, 0.15) is 66.8 Å². The largest absolute Gasteiger partial charge is 0.508 e. The fraction of sp³-hybridized carbons (Fsp3) is 0.621. The van der Waals surface area contributed by atoms with Crippen molar-refractivity contribution >= 4 is 16.7 Å². The van der Waals surface area contributed by atoms with Crippen LogP contribution < -0.4 is 22.5 Å². The standard InChI is InChI=1S/C29H42N4O13/c30-14-7-15(31)26(24(41)25(14)45-28-21(38)18(32)19(36)17(9-34)44-28)46-29-23(40)22(39)20(37)16(43-29)8-33-27(42)12-2-1-11-6-13(35)4-3-10(11)5-12/h1-6,14-26,28-29,34-41H,7-9,30-32H2,(H,33,42)/t14?,15?,16?,17-,18?,19?,20-,21-,22?,23?,24-,25?,26?,28?,29-/m1/s1. The Balaban J connectivity index is 1.24. The van der Waals surface area contributed by atoms with Crippen LogP contribution in [0.2, 0.25) is 0 Å². The molecule has 15 N–H and O–H groups in total. The second kappa shape index (κ2) is 14.3. The molecule has 17 heteroatoms. The molecule has 46 heavy (non-hydrogen) atoms. The maximum Gasteiger partial charge on any atom is 0.251 e. The SMILES string of the molecule is NC1CC(N)C(O[C@H]2OC(CNC(=O)c3ccc4cc(O)ccc4c3)[C@@H](O)C(O)C2O)[C@H](O)C1OC1O[C@H](CO)C(O)C(N)[C@H]1O. The van der Waals surface area contributed by atoms with Crippen LogP contribution in [0, 0.1) is 0 Å². The third kappa shape index (κ3) is 6.98. The van der Waals surface area contributed by atoms with Crippen molar-refractivity contribution < 1.29 is 64.6 Å². The molecule has 3 aliphatic rings. The zero-order chi connectivity index (χ0) is 33.4. The summed E-state index contributed by atoms with van der Waals surface area (Å²) in [4.78, 5) is 12.9. The maximum absolute atomic E-state index is 12.9. The Morgan fingerprint density at radius 2 is 1.35 bits per heavy atom. The minimum absolute atomic E-state index is 0.0200. The van der Waals surface area contributed by atoms with E-state index in [9.17, 15) is 45.6 Å². The van der Waals surface area contributed by atoms with Crippen molar-refractivity contribution in [3.63, 3.8) is 0 Å². The number of fused-ring (bicyclic) bond motifs is 1. The maximum atomic E-state index is 12.9. The number of hydrogen-bond acceptors (Lipinski definition) is 16. The van der Waals surface area contributed by atoms with E-state index in [0.717, 1.165) is 5.39 Å². The molecular weight excluding hydrogens is 612 g/mol. The minimum atomic E-state index is -1.79. The van der Waals surface area contributed by atoms with Gasteiger partial charge in [0.05, 0.1) is 12.6 Å². The van der Waals surface area contributed by atoms with Gasteiger partial charge in [0.25, 0.3) is 5.91 Å². The number of ether oxygens (including phenoxy) is 4. The second-order valence-electron chi connectivity index (χ2n) is 12.0. The van der Waals surface area contributed by atoms with Crippen molar-refractivity contribution in [2.24, 2.45) is 17.2 Å². The summed E-state index contributed by atoms with van der Waals surface area (Å²) in [5.74, 6) is -0.442. The van der Waals surface area contributed by atoms with Gasteiger partial charge in [-0.25, -0.2) is 0 Å². The topological polar surface area (TPSA) is 306 Å². The number of nitrogens with one attached hydrogen (secondary N) is 1. The van der Waals surface area contributed by atoms with Gasteiger partial charge in [-0.15, -0.1) is 0 Å². The highest BCUT2D eigenvalue weighted by Gasteiger charge is 2.51. The molecule has 0 spiro atoms. The fourth-order valence-corrected chi connectivity index (χ4v) is 6.04. The van der Waals surface area contributed by atoms with E-state index >= 15 is 0 Å². The predicted octanol–water partition coefficient (Wildman–Crippen LogP) is -4.96. The number of phenols is 1. The number of aliphatic hydroxyl groups is 7. The lowest BCUT2D eigenvalue weighted by atomic mass is 9.84. The van der Waals surface area contributed by atoms with E-state index in [2.05, 4.69) is 5.32 Å². The van der Waals surface area contributed by atoms with Crippen LogP contribution >= 0.6 is 0 Å². The molecule has 3 fully saturated rings. The number of rotatable bonds is 8. The van der Waals surface area contributed by atoms with Gasteiger partial charge in [-0.2, -0.15) is 0 Å². The molecule has 2 aliphatic heterocycles. The molecule has 5 rings (SSSR count). The zero-order valence-electron chi connectivity index (χ0n) is 24.6. The number of phenolic OH excluding ortho intramolecular Hbond substituents is 1. The van der Waals surface area contributed by atoms with Crippen molar-refractivity contribution in [3.05, 3.63) is 42.0 Å². The Labute approximate surface area is 263 Å². The van der Waals surface area contributed by atoms with Crippen LogP contribution in [-0.2, 0) is 18.9 Å². The minimum Gasteiger partial charge on any atom is -0.508 e. The quantitative estimate of drug-likeness (QED) is 0.127. The first kappa shape index (κ1) is 34.7. The first-order valence-corrected chi connectivity index (χ1v) is 14.9. The number of amides is 1. The summed E-state index contributed by atoms with van der Waals surface area (Å²) in [5.41, 5.74) is 18.6. The zero-order valence-corrected chi connectivity index (χ0v) is 24.6. The third-order valence-electron chi connectivity index (χ3n) is 8.80. The third-order valence-corrected chi connectivity index (χ3v) is 8.80. The van der Waals surface area contributed by atoms with Crippen molar-refractivity contribution in [1.29, 1.82) is 0 Å². The number of carbonyl (C=O) groups excluding carboxylic acids is 1. The van der Waals surface area contributed by atoms with Crippen molar-refractivity contribution in [3.8, 4) is 5.75 Å². The molecule has 0 bridgehead atoms. The Kier molecular flexibility index (Phi) is 10.8. The van der Waals surface area contributed by atoms with Crippen LogP contribution in [0.3, 0.4) is 0 Å². The number of carbonyl (C=O) groups is 1. The number of benzene rings is 2. The Morgan fingerprint density at radius 1 is 0.761 bits per heavy atom. The molecule has 2 aromatic rings. The lowest BCUT2D eigenvalue weighted by Crippen LogP contribution is -2.68. The summed E-state index contributed by atoms with van der Waals surface area (Å²) in [5, 5.41) is 86.9. The van der Waals surface area contributed by atoms with E-state index in [4.69, 9.17) is 36.1 Å². The molecular formula is C29H42N4O13. The van der Waals surface area contributed by atoms with Crippen molar-refractivity contribution in [1.82, 2.24) is 5.32 Å². The van der Waals surface area contributed by atoms with E-state index in [1.54, 1.807) is 30.3 Å². The van der Waals surface area contributed by atoms with Crippen LogP contribution in [0.1, 0.15) is 16.8 Å². The molecule has 0 aromatic heterocycles. The average Bonchev–Trinajstić information content (AvgIpc) is 3.03. The smallest absolute Gasteiger partial charge is 0.251 e.